The van der Waals surface area contributed by atoms with Crippen molar-refractivity contribution >= 4 is 24.0 Å². The van der Waals surface area contributed by atoms with E-state index in [2.05, 4.69) is 0 Å². The lowest BCUT2D eigenvalue weighted by Gasteiger charge is -1.93. The molecule has 0 spiro atoms. The summed E-state index contributed by atoms with van der Waals surface area (Å²) in [6.07, 6.45) is 0. The minimum Gasteiger partial charge on any atom is -0.497 e. The highest BCUT2D eigenvalue weighted by Gasteiger charge is 1.80. The van der Waals surface area contributed by atoms with Gasteiger partial charge in [-0.3, -0.25) is 0 Å². The van der Waals surface area contributed by atoms with E-state index in [1.54, 1.807) is 7.11 Å². The Labute approximate surface area is 85.8 Å². The Morgan fingerprint density at radius 2 is 1.45 bits per heavy atom. The molecule has 1 aromatic rings. The third kappa shape index (κ3) is 6.16. The van der Waals surface area contributed by atoms with Gasteiger partial charge in [0.25, 0.3) is 0 Å². The second-order valence-corrected chi connectivity index (χ2v) is 1.52. The molecule has 0 saturated carbocycles. The molecule has 0 aromatic heterocycles. The lowest BCUT2D eigenvalue weighted by atomic mass is 10.3. The third-order valence-electron chi connectivity index (χ3n) is 0.979. The fraction of sp³-hybridized carbons (Fsp3) is 0.333. The van der Waals surface area contributed by atoms with Crippen LogP contribution in [0.4, 0.5) is 0 Å². The molecule has 11 heavy (non-hydrogen) atoms. The van der Waals surface area contributed by atoms with Crippen LogP contribution in [0.1, 0.15) is 13.8 Å². The van der Waals surface area contributed by atoms with E-state index in [1.807, 2.05) is 44.2 Å². The minimum absolute atomic E-state index is 0. The number of halogens is 1. The lowest BCUT2D eigenvalue weighted by Crippen LogP contribution is -1.78. The molecule has 1 aromatic carbocycles. The minimum atomic E-state index is 0. The standard InChI is InChI=1S/C7H8O.C2H6.HI/c1-8-7-5-3-2-4-6-7;1-2;/h2-6H,1H3;1-2H3;1H. The van der Waals surface area contributed by atoms with E-state index in [1.165, 1.54) is 0 Å². The monoisotopic (exact) mass is 266 g/mol. The summed E-state index contributed by atoms with van der Waals surface area (Å²) < 4.78 is 4.91. The summed E-state index contributed by atoms with van der Waals surface area (Å²) >= 11 is 0. The van der Waals surface area contributed by atoms with Crippen LogP contribution >= 0.6 is 24.0 Å². The molecule has 0 radical (unpaired) electrons. The Hall–Kier alpha value is -0.250. The lowest BCUT2D eigenvalue weighted by molar-refractivity contribution is 0.415. The zero-order chi connectivity index (χ0) is 7.82. The second kappa shape index (κ2) is 9.75. The molecule has 0 heterocycles. The Morgan fingerprint density at radius 1 is 1.00 bits per heavy atom. The summed E-state index contributed by atoms with van der Waals surface area (Å²) in [6.45, 7) is 4.00. The van der Waals surface area contributed by atoms with Crippen molar-refractivity contribution in [2.45, 2.75) is 13.8 Å². The van der Waals surface area contributed by atoms with Crippen molar-refractivity contribution in [2.24, 2.45) is 0 Å². The summed E-state index contributed by atoms with van der Waals surface area (Å²) in [7, 11) is 1.66. The molecule has 0 unspecified atom stereocenters. The third-order valence-corrected chi connectivity index (χ3v) is 0.979. The highest BCUT2D eigenvalue weighted by Crippen LogP contribution is 2.05. The topological polar surface area (TPSA) is 9.23 Å². The predicted octanol–water partition coefficient (Wildman–Crippen LogP) is 3.34. The Kier molecular flexibility index (Phi) is 11.8. The van der Waals surface area contributed by atoms with Gasteiger partial charge in [-0.1, -0.05) is 32.0 Å². The number of ether oxygens (including phenoxy) is 1. The summed E-state index contributed by atoms with van der Waals surface area (Å²) in [5.41, 5.74) is 0. The van der Waals surface area contributed by atoms with Gasteiger partial charge >= 0.3 is 0 Å². The largest absolute Gasteiger partial charge is 0.497 e. The quantitative estimate of drug-likeness (QED) is 0.708. The highest BCUT2D eigenvalue weighted by molar-refractivity contribution is 14.0. The SMILES string of the molecule is CC.COc1ccccc1.I. The number of hydrogen-bond acceptors (Lipinski definition) is 1. The second-order valence-electron chi connectivity index (χ2n) is 1.52. The maximum absolute atomic E-state index is 4.91. The molecule has 0 atom stereocenters. The van der Waals surface area contributed by atoms with Crippen molar-refractivity contribution in [1.82, 2.24) is 0 Å². The number of benzene rings is 1. The highest BCUT2D eigenvalue weighted by atomic mass is 127. The zero-order valence-corrected chi connectivity index (χ0v) is 9.53. The zero-order valence-electron chi connectivity index (χ0n) is 7.20. The van der Waals surface area contributed by atoms with E-state index in [0.717, 1.165) is 5.75 Å². The molecule has 0 bridgehead atoms. The fourth-order valence-electron chi connectivity index (χ4n) is 0.557. The molecule has 0 aliphatic carbocycles. The summed E-state index contributed by atoms with van der Waals surface area (Å²) in [4.78, 5) is 0. The van der Waals surface area contributed by atoms with Crippen LogP contribution in [0.25, 0.3) is 0 Å². The van der Waals surface area contributed by atoms with Crippen molar-refractivity contribution in [1.29, 1.82) is 0 Å². The molecule has 0 N–H and O–H groups in total. The van der Waals surface area contributed by atoms with Crippen LogP contribution in [0.15, 0.2) is 30.3 Å². The maximum Gasteiger partial charge on any atom is 0.118 e. The molecule has 0 saturated heterocycles. The first-order valence-electron chi connectivity index (χ1n) is 3.52. The van der Waals surface area contributed by atoms with Gasteiger partial charge in [-0.2, -0.15) is 0 Å². The van der Waals surface area contributed by atoms with Crippen LogP contribution < -0.4 is 4.74 Å². The van der Waals surface area contributed by atoms with Gasteiger partial charge in [0.15, 0.2) is 0 Å². The van der Waals surface area contributed by atoms with Crippen LogP contribution in [0.5, 0.6) is 5.75 Å². The number of methoxy groups -OCH3 is 1. The van der Waals surface area contributed by atoms with E-state index in [9.17, 15) is 0 Å². The summed E-state index contributed by atoms with van der Waals surface area (Å²) in [5.74, 6) is 0.910. The fourth-order valence-corrected chi connectivity index (χ4v) is 0.557. The van der Waals surface area contributed by atoms with Gasteiger partial charge in [0.1, 0.15) is 5.75 Å². The Balaban J connectivity index is 0. The predicted molar refractivity (Wildman–Crippen MR) is 59.8 cm³/mol. The number of rotatable bonds is 1. The summed E-state index contributed by atoms with van der Waals surface area (Å²) in [6, 6.07) is 9.68. The molecule has 0 amide bonds. The Bertz CT molecular complexity index is 151. The van der Waals surface area contributed by atoms with Crippen molar-refractivity contribution in [3.63, 3.8) is 0 Å². The molecular weight excluding hydrogens is 251 g/mol. The van der Waals surface area contributed by atoms with Crippen LogP contribution in [0, 0.1) is 0 Å². The van der Waals surface area contributed by atoms with E-state index in [4.69, 9.17) is 4.74 Å². The smallest absolute Gasteiger partial charge is 0.118 e. The first-order chi connectivity index (χ1) is 4.93. The normalized spacial score (nSPS) is 6.82. The van der Waals surface area contributed by atoms with E-state index >= 15 is 0 Å². The molecule has 0 aliphatic heterocycles. The average molecular weight is 266 g/mol. The molecule has 2 heteroatoms. The van der Waals surface area contributed by atoms with Crippen LogP contribution in [-0.2, 0) is 0 Å². The van der Waals surface area contributed by atoms with Gasteiger partial charge in [0.05, 0.1) is 7.11 Å². The van der Waals surface area contributed by atoms with E-state index in [-0.39, 0.29) is 24.0 Å². The molecule has 0 aliphatic rings. The first-order valence-corrected chi connectivity index (χ1v) is 3.52. The van der Waals surface area contributed by atoms with Crippen molar-refractivity contribution in [3.05, 3.63) is 30.3 Å². The van der Waals surface area contributed by atoms with Crippen LogP contribution in [0.3, 0.4) is 0 Å². The average Bonchev–Trinajstić information content (AvgIpc) is 2.10. The summed E-state index contributed by atoms with van der Waals surface area (Å²) in [5, 5.41) is 0. The number of hydrogen-bond donors (Lipinski definition) is 0. The van der Waals surface area contributed by atoms with Gasteiger partial charge in [-0.15, -0.1) is 24.0 Å². The van der Waals surface area contributed by atoms with Gasteiger partial charge in [0.2, 0.25) is 0 Å². The first kappa shape index (κ1) is 13.3. The Morgan fingerprint density at radius 3 is 1.73 bits per heavy atom. The van der Waals surface area contributed by atoms with E-state index in [0.29, 0.717) is 0 Å². The molecular formula is C9H15IO. The molecule has 1 nitrogen and oxygen atoms in total. The van der Waals surface area contributed by atoms with Gasteiger partial charge in [-0.25, -0.2) is 0 Å². The van der Waals surface area contributed by atoms with Gasteiger partial charge in [0, 0.05) is 0 Å². The molecule has 64 valence electrons. The molecule has 0 fully saturated rings. The van der Waals surface area contributed by atoms with Gasteiger partial charge < -0.3 is 4.74 Å². The van der Waals surface area contributed by atoms with Gasteiger partial charge in [-0.05, 0) is 12.1 Å². The number of para-hydroxylation sites is 1. The van der Waals surface area contributed by atoms with Crippen molar-refractivity contribution in [2.75, 3.05) is 7.11 Å². The molecule has 1 rings (SSSR count). The van der Waals surface area contributed by atoms with Crippen molar-refractivity contribution < 1.29 is 4.74 Å². The maximum atomic E-state index is 4.91. The van der Waals surface area contributed by atoms with E-state index < -0.39 is 0 Å². The van der Waals surface area contributed by atoms with Crippen LogP contribution in [0.2, 0.25) is 0 Å². The van der Waals surface area contributed by atoms with Crippen LogP contribution in [-0.4, -0.2) is 7.11 Å². The van der Waals surface area contributed by atoms with Crippen molar-refractivity contribution in [3.8, 4) is 5.75 Å².